The Balaban J connectivity index is 0.00000161. The summed E-state index contributed by atoms with van der Waals surface area (Å²) >= 11 is 0. The minimum absolute atomic E-state index is 0. The molecule has 2 atom stereocenters. The van der Waals surface area contributed by atoms with E-state index in [1.807, 2.05) is 20.8 Å². The molecule has 2 heterocycles. The van der Waals surface area contributed by atoms with Gasteiger partial charge in [-0.3, -0.25) is 4.79 Å². The maximum atomic E-state index is 12.1. The molecule has 0 saturated carbocycles. The van der Waals surface area contributed by atoms with Gasteiger partial charge in [-0.25, -0.2) is 0 Å². The van der Waals surface area contributed by atoms with Crippen molar-refractivity contribution in [3.8, 4) is 5.75 Å². The van der Waals surface area contributed by atoms with E-state index in [4.69, 9.17) is 10.5 Å². The number of fused-ring (bicyclic) bond motifs is 3. The second-order valence-corrected chi connectivity index (χ2v) is 6.66. The van der Waals surface area contributed by atoms with Gasteiger partial charge < -0.3 is 15.8 Å². The van der Waals surface area contributed by atoms with E-state index in [-0.39, 0.29) is 24.4 Å². The van der Waals surface area contributed by atoms with Gasteiger partial charge in [-0.05, 0) is 25.0 Å². The number of hydrogen-bond donors (Lipinski definition) is 2. The number of halogens is 1. The fourth-order valence-electron chi connectivity index (χ4n) is 3.23. The van der Waals surface area contributed by atoms with Crippen molar-refractivity contribution in [1.82, 2.24) is 0 Å². The zero-order valence-corrected chi connectivity index (χ0v) is 13.8. The molecule has 0 aromatic heterocycles. The molecule has 1 aromatic carbocycles. The first-order chi connectivity index (χ1) is 9.35. The molecule has 2 unspecified atom stereocenters. The zero-order chi connectivity index (χ0) is 14.7. The van der Waals surface area contributed by atoms with Crippen molar-refractivity contribution in [1.29, 1.82) is 0 Å². The molecule has 0 bridgehead atoms. The van der Waals surface area contributed by atoms with Crippen LogP contribution in [0.5, 0.6) is 5.75 Å². The van der Waals surface area contributed by atoms with Crippen LogP contribution in [-0.4, -0.2) is 18.6 Å². The molecule has 2 aliphatic rings. The Kier molecular flexibility index (Phi) is 3.98. The lowest BCUT2D eigenvalue weighted by atomic mass is 9.79. The van der Waals surface area contributed by atoms with Crippen molar-refractivity contribution in [2.45, 2.75) is 46.1 Å². The highest BCUT2D eigenvalue weighted by Crippen LogP contribution is 2.48. The topological polar surface area (TPSA) is 64.3 Å². The predicted molar refractivity (Wildman–Crippen MR) is 86.4 cm³/mol. The van der Waals surface area contributed by atoms with Crippen molar-refractivity contribution >= 4 is 24.0 Å². The van der Waals surface area contributed by atoms with Crippen LogP contribution in [-0.2, 0) is 11.2 Å². The van der Waals surface area contributed by atoms with Gasteiger partial charge in [0.25, 0.3) is 0 Å². The fourth-order valence-corrected chi connectivity index (χ4v) is 3.23. The van der Waals surface area contributed by atoms with E-state index >= 15 is 0 Å². The lowest BCUT2D eigenvalue weighted by molar-refractivity contribution is -0.124. The van der Waals surface area contributed by atoms with Crippen molar-refractivity contribution in [3.63, 3.8) is 0 Å². The molecular weight excluding hydrogens is 288 g/mol. The standard InChI is InChI=1S/C16H22N2O2.ClH/c1-8-5-10-9(2)12(7-17)20-14(10)11-6-16(3,4)15(19)18-13(8)11;/h5,9,12H,6-7,17H2,1-4H3,(H,18,19);1H. The normalized spacial score (nSPS) is 25.3. The Morgan fingerprint density at radius 3 is 2.76 bits per heavy atom. The van der Waals surface area contributed by atoms with Crippen molar-refractivity contribution < 1.29 is 9.53 Å². The Bertz CT molecular complexity index is 598. The molecule has 0 aliphatic carbocycles. The van der Waals surface area contributed by atoms with Crippen LogP contribution in [0.1, 0.15) is 43.4 Å². The summed E-state index contributed by atoms with van der Waals surface area (Å²) in [6.07, 6.45) is 0.749. The maximum absolute atomic E-state index is 12.1. The molecule has 116 valence electrons. The van der Waals surface area contributed by atoms with Gasteiger partial charge in [-0.1, -0.05) is 20.8 Å². The molecule has 3 N–H and O–H groups in total. The average molecular weight is 311 g/mol. The Morgan fingerprint density at radius 2 is 2.14 bits per heavy atom. The molecule has 5 heteroatoms. The average Bonchev–Trinajstić information content (AvgIpc) is 2.69. The smallest absolute Gasteiger partial charge is 0.230 e. The van der Waals surface area contributed by atoms with Gasteiger partial charge >= 0.3 is 0 Å². The number of carbonyl (C=O) groups excluding carboxylic acids is 1. The minimum atomic E-state index is -0.401. The number of benzene rings is 1. The molecule has 0 fully saturated rings. The number of rotatable bonds is 1. The molecule has 1 amide bonds. The van der Waals surface area contributed by atoms with Crippen LogP contribution in [0.3, 0.4) is 0 Å². The lowest BCUT2D eigenvalue weighted by Gasteiger charge is -2.32. The fraction of sp³-hybridized carbons (Fsp3) is 0.562. The maximum Gasteiger partial charge on any atom is 0.230 e. The summed E-state index contributed by atoms with van der Waals surface area (Å²) in [6, 6.07) is 2.13. The summed E-state index contributed by atoms with van der Waals surface area (Å²) < 4.78 is 6.07. The number of ether oxygens (including phenoxy) is 1. The van der Waals surface area contributed by atoms with E-state index in [1.54, 1.807) is 0 Å². The number of hydrogen-bond acceptors (Lipinski definition) is 3. The number of aryl methyl sites for hydroxylation is 1. The summed E-state index contributed by atoms with van der Waals surface area (Å²) in [5.41, 5.74) is 9.79. The Hall–Kier alpha value is -1.26. The Labute approximate surface area is 131 Å². The predicted octanol–water partition coefficient (Wildman–Crippen LogP) is 2.76. The first-order valence-electron chi connectivity index (χ1n) is 7.19. The summed E-state index contributed by atoms with van der Waals surface area (Å²) in [5.74, 6) is 1.33. The molecule has 21 heavy (non-hydrogen) atoms. The van der Waals surface area contributed by atoms with Gasteiger partial charge in [0.15, 0.2) is 0 Å². The highest BCUT2D eigenvalue weighted by atomic mass is 35.5. The lowest BCUT2D eigenvalue weighted by Crippen LogP contribution is -2.37. The van der Waals surface area contributed by atoms with E-state index in [0.717, 1.165) is 22.6 Å². The second-order valence-electron chi connectivity index (χ2n) is 6.66. The number of amides is 1. The van der Waals surface area contributed by atoms with E-state index in [1.165, 1.54) is 5.56 Å². The Morgan fingerprint density at radius 1 is 1.48 bits per heavy atom. The summed E-state index contributed by atoms with van der Waals surface area (Å²) in [7, 11) is 0. The van der Waals surface area contributed by atoms with E-state index < -0.39 is 5.41 Å². The first kappa shape index (κ1) is 16.1. The van der Waals surface area contributed by atoms with Crippen LogP contribution in [0.2, 0.25) is 0 Å². The van der Waals surface area contributed by atoms with Crippen molar-refractivity contribution in [3.05, 3.63) is 22.8 Å². The molecule has 1 aromatic rings. The van der Waals surface area contributed by atoms with E-state index in [0.29, 0.717) is 18.9 Å². The number of carbonyl (C=O) groups is 1. The molecule has 4 nitrogen and oxygen atoms in total. The third-order valence-electron chi connectivity index (χ3n) is 4.63. The number of nitrogens with one attached hydrogen (secondary N) is 1. The minimum Gasteiger partial charge on any atom is -0.488 e. The monoisotopic (exact) mass is 310 g/mol. The largest absolute Gasteiger partial charge is 0.488 e. The van der Waals surface area contributed by atoms with Gasteiger partial charge in [0.1, 0.15) is 11.9 Å². The summed E-state index contributed by atoms with van der Waals surface area (Å²) in [5, 5.41) is 3.05. The van der Waals surface area contributed by atoms with Crippen LogP contribution >= 0.6 is 12.4 Å². The number of nitrogens with two attached hydrogens (primary N) is 1. The first-order valence-corrected chi connectivity index (χ1v) is 7.19. The SMILES string of the molecule is Cc1cc2c(c3c1NC(=O)C(C)(C)C3)OC(CN)C2C.Cl. The van der Waals surface area contributed by atoms with Crippen LogP contribution < -0.4 is 15.8 Å². The quantitative estimate of drug-likeness (QED) is 0.838. The van der Waals surface area contributed by atoms with Gasteiger partial charge in [-0.2, -0.15) is 0 Å². The van der Waals surface area contributed by atoms with Gasteiger partial charge in [0.05, 0.1) is 5.69 Å². The van der Waals surface area contributed by atoms with E-state index in [9.17, 15) is 4.79 Å². The van der Waals surface area contributed by atoms with Crippen molar-refractivity contribution in [2.75, 3.05) is 11.9 Å². The molecule has 0 spiro atoms. The van der Waals surface area contributed by atoms with Crippen LogP contribution in [0.4, 0.5) is 5.69 Å². The van der Waals surface area contributed by atoms with E-state index in [2.05, 4.69) is 18.3 Å². The third kappa shape index (κ3) is 2.30. The summed E-state index contributed by atoms with van der Waals surface area (Å²) in [4.78, 5) is 12.1. The highest BCUT2D eigenvalue weighted by molar-refractivity contribution is 5.99. The van der Waals surface area contributed by atoms with Crippen molar-refractivity contribution in [2.24, 2.45) is 11.1 Å². The van der Waals surface area contributed by atoms with Crippen LogP contribution in [0.25, 0.3) is 0 Å². The third-order valence-corrected chi connectivity index (χ3v) is 4.63. The van der Waals surface area contributed by atoms with Gasteiger partial charge in [0.2, 0.25) is 5.91 Å². The molecule has 2 aliphatic heterocycles. The second kappa shape index (κ2) is 5.18. The van der Waals surface area contributed by atoms with Crippen LogP contribution in [0.15, 0.2) is 6.07 Å². The summed E-state index contributed by atoms with van der Waals surface area (Å²) in [6.45, 7) is 8.65. The molecular formula is C16H23ClN2O2. The van der Waals surface area contributed by atoms with Gasteiger partial charge in [0, 0.05) is 29.0 Å². The molecule has 0 saturated heterocycles. The zero-order valence-electron chi connectivity index (χ0n) is 12.9. The number of anilines is 1. The van der Waals surface area contributed by atoms with Gasteiger partial charge in [-0.15, -0.1) is 12.4 Å². The highest BCUT2D eigenvalue weighted by Gasteiger charge is 2.40. The van der Waals surface area contributed by atoms with Crippen LogP contribution in [0, 0.1) is 12.3 Å². The molecule has 3 rings (SSSR count). The molecule has 0 radical (unpaired) electrons.